The Bertz CT molecular complexity index is 722. The van der Waals surface area contributed by atoms with Crippen molar-refractivity contribution >= 4 is 142 Å². The zero-order valence-electron chi connectivity index (χ0n) is 11.6. The van der Waals surface area contributed by atoms with E-state index in [1.54, 1.807) is 0 Å². The molecule has 0 aromatic heterocycles. The average molecular weight is 410 g/mol. The molecule has 0 atom stereocenters. The minimum atomic E-state index is -1.14. The number of benzene rings is 2. The van der Waals surface area contributed by atoms with Crippen LogP contribution in [-0.2, 0) is 4.74 Å². The minimum absolute atomic E-state index is 0. The van der Waals surface area contributed by atoms with Gasteiger partial charge in [0.2, 0.25) is 0 Å². The molecule has 0 saturated carbocycles. The normalized spacial score (nSPS) is 8.44. The molecule has 0 unspecified atom stereocenters. The topological polar surface area (TPSA) is 118 Å². The molecule has 11 heteroatoms. The summed E-state index contributed by atoms with van der Waals surface area (Å²) >= 11 is 0. The summed E-state index contributed by atoms with van der Waals surface area (Å²) in [6, 6.07) is 9.77. The Morgan fingerprint density at radius 2 is 0.741 bits per heavy atom. The van der Waals surface area contributed by atoms with E-state index >= 15 is 0 Å². The zero-order valence-corrected chi connectivity index (χ0v) is 11.6. The fourth-order valence-corrected chi connectivity index (χ4v) is 1.70. The van der Waals surface area contributed by atoms with Gasteiger partial charge in [-0.05, 0) is 48.5 Å². The maximum atomic E-state index is 11.8. The van der Waals surface area contributed by atoms with Crippen LogP contribution in [0.5, 0.6) is 0 Å². The second-order valence-corrected chi connectivity index (χ2v) is 4.44. The Morgan fingerprint density at radius 3 is 0.963 bits per heavy atom. The van der Waals surface area contributed by atoms with Crippen LogP contribution in [0, 0.1) is 0 Å². The van der Waals surface area contributed by atoms with E-state index in [-0.39, 0.29) is 140 Å². The van der Waals surface area contributed by atoms with Crippen LogP contribution in [0.1, 0.15) is 41.4 Å². The summed E-state index contributed by atoms with van der Waals surface area (Å²) in [6.07, 6.45) is 0. The summed E-state index contributed by atoms with van der Waals surface area (Å²) < 4.78 is 4.65. The van der Waals surface area contributed by atoms with Crippen molar-refractivity contribution in [2.24, 2.45) is 0 Å². The van der Waals surface area contributed by atoms with Crippen LogP contribution >= 0.6 is 0 Å². The number of carbonyl (C=O) groups is 4. The van der Waals surface area contributed by atoms with Crippen molar-refractivity contribution in [2.75, 3.05) is 0 Å². The molecule has 2 N–H and O–H groups in total. The summed E-state index contributed by atoms with van der Waals surface area (Å²) in [6.45, 7) is 0. The zero-order chi connectivity index (χ0) is 17.0. The SMILES string of the molecule is O=C(O)c1ccc(C(=O)OC(=O)c2ccc(C(=O)O)cc2)cc1.[NaH].[NaH].[NaH].[NaH]. The number of hydrogen-bond donors (Lipinski definition) is 2. The van der Waals surface area contributed by atoms with Gasteiger partial charge in [0.05, 0.1) is 22.3 Å². The summed E-state index contributed by atoms with van der Waals surface area (Å²) in [5, 5.41) is 17.5. The van der Waals surface area contributed by atoms with Gasteiger partial charge in [0.15, 0.2) is 0 Å². The van der Waals surface area contributed by atoms with Crippen molar-refractivity contribution in [3.8, 4) is 0 Å². The van der Waals surface area contributed by atoms with Gasteiger partial charge in [-0.2, -0.15) is 0 Å². The number of aromatic carboxylic acids is 2. The monoisotopic (exact) mass is 410 g/mol. The van der Waals surface area contributed by atoms with E-state index in [0.717, 1.165) is 0 Å². The van der Waals surface area contributed by atoms with E-state index in [4.69, 9.17) is 10.2 Å². The number of carboxylic acid groups (broad SMARTS) is 2. The Labute approximate surface area is 243 Å². The molecule has 0 aliphatic rings. The van der Waals surface area contributed by atoms with Crippen LogP contribution in [-0.4, -0.2) is 152 Å². The molecule has 0 spiro atoms. The molecular formula is C16H14Na4O7. The van der Waals surface area contributed by atoms with Crippen molar-refractivity contribution in [1.82, 2.24) is 0 Å². The molecule has 2 rings (SSSR count). The van der Waals surface area contributed by atoms with Crippen LogP contribution in [0.25, 0.3) is 0 Å². The van der Waals surface area contributed by atoms with Gasteiger partial charge in [-0.25, -0.2) is 19.2 Å². The molecule has 7 nitrogen and oxygen atoms in total. The Balaban J connectivity index is -0.00000144. The third kappa shape index (κ3) is 9.71. The third-order valence-electron chi connectivity index (χ3n) is 2.92. The number of hydrogen-bond acceptors (Lipinski definition) is 5. The van der Waals surface area contributed by atoms with Gasteiger partial charge in [0.1, 0.15) is 0 Å². The molecular weight excluding hydrogens is 396 g/mol. The maximum absolute atomic E-state index is 11.8. The number of rotatable bonds is 4. The fourth-order valence-electron chi connectivity index (χ4n) is 1.70. The first kappa shape index (κ1) is 32.2. The van der Waals surface area contributed by atoms with E-state index in [1.807, 2.05) is 0 Å². The Morgan fingerprint density at radius 1 is 0.519 bits per heavy atom. The van der Waals surface area contributed by atoms with Gasteiger partial charge in [0.25, 0.3) is 0 Å². The van der Waals surface area contributed by atoms with Crippen LogP contribution in [0.15, 0.2) is 48.5 Å². The molecule has 2 aromatic rings. The standard InChI is InChI=1S/C16H10O7.4Na.4H/c17-13(18)9-1-5-11(6-2-9)15(21)23-16(22)12-7-3-10(4-8-12)14(19)20;;;;;;;;/h1-8H,(H,17,18)(H,19,20);;;;;;;;. The second kappa shape index (κ2) is 15.4. The van der Waals surface area contributed by atoms with Crippen LogP contribution in [0.2, 0.25) is 0 Å². The van der Waals surface area contributed by atoms with Crippen LogP contribution in [0.4, 0.5) is 0 Å². The van der Waals surface area contributed by atoms with E-state index in [2.05, 4.69) is 4.74 Å². The summed E-state index contributed by atoms with van der Waals surface area (Å²) in [5.41, 5.74) is 0.0327. The summed E-state index contributed by atoms with van der Waals surface area (Å²) in [7, 11) is 0. The van der Waals surface area contributed by atoms with Crippen LogP contribution in [0.3, 0.4) is 0 Å². The predicted octanol–water partition coefficient (Wildman–Crippen LogP) is -0.514. The van der Waals surface area contributed by atoms with Crippen molar-refractivity contribution in [3.05, 3.63) is 70.8 Å². The Hall–Kier alpha value is 0.520. The Kier molecular flexibility index (Phi) is 18.3. The molecule has 0 radical (unpaired) electrons. The number of carbonyl (C=O) groups excluding carboxylic acids is 2. The molecule has 2 aromatic carbocycles. The van der Waals surface area contributed by atoms with Crippen molar-refractivity contribution in [3.63, 3.8) is 0 Å². The average Bonchev–Trinajstić information content (AvgIpc) is 2.54. The van der Waals surface area contributed by atoms with Gasteiger partial charge in [-0.15, -0.1) is 0 Å². The molecule has 0 heterocycles. The van der Waals surface area contributed by atoms with E-state index in [1.165, 1.54) is 48.5 Å². The van der Waals surface area contributed by atoms with Gasteiger partial charge in [-0.3, -0.25) is 0 Å². The van der Waals surface area contributed by atoms with Crippen LogP contribution < -0.4 is 0 Å². The molecule has 0 aliphatic carbocycles. The first-order valence-corrected chi connectivity index (χ1v) is 6.31. The van der Waals surface area contributed by atoms with Crippen molar-refractivity contribution in [2.45, 2.75) is 0 Å². The first-order chi connectivity index (χ1) is 10.9. The molecule has 0 bridgehead atoms. The first-order valence-electron chi connectivity index (χ1n) is 6.31. The van der Waals surface area contributed by atoms with Gasteiger partial charge < -0.3 is 14.9 Å². The third-order valence-corrected chi connectivity index (χ3v) is 2.92. The molecule has 0 amide bonds. The van der Waals surface area contributed by atoms with E-state index in [9.17, 15) is 19.2 Å². The number of carboxylic acids is 2. The summed E-state index contributed by atoms with van der Waals surface area (Å²) in [4.78, 5) is 45.0. The second-order valence-electron chi connectivity index (χ2n) is 4.44. The van der Waals surface area contributed by atoms with Gasteiger partial charge in [0, 0.05) is 0 Å². The molecule has 124 valence electrons. The number of esters is 2. The number of ether oxygens (including phenoxy) is 1. The molecule has 27 heavy (non-hydrogen) atoms. The van der Waals surface area contributed by atoms with Crippen molar-refractivity contribution in [1.29, 1.82) is 0 Å². The van der Waals surface area contributed by atoms with Crippen molar-refractivity contribution < 1.29 is 34.1 Å². The molecule has 0 aliphatic heterocycles. The van der Waals surface area contributed by atoms with Gasteiger partial charge >= 0.3 is 142 Å². The van der Waals surface area contributed by atoms with E-state index < -0.39 is 23.9 Å². The molecule has 0 fully saturated rings. The predicted molar refractivity (Wildman–Crippen MR) is 105 cm³/mol. The van der Waals surface area contributed by atoms with E-state index in [0.29, 0.717) is 0 Å². The van der Waals surface area contributed by atoms with Gasteiger partial charge in [-0.1, -0.05) is 0 Å². The fraction of sp³-hybridized carbons (Fsp3) is 0. The summed E-state index contributed by atoms with van der Waals surface area (Å²) in [5.74, 6) is -4.15. The quantitative estimate of drug-likeness (QED) is 0.396. The molecule has 0 saturated heterocycles.